The molecule has 0 saturated heterocycles. The van der Waals surface area contributed by atoms with Crippen LogP contribution >= 0.6 is 11.3 Å². The number of hydrogen-bond donors (Lipinski definition) is 4. The molecule has 0 aromatic carbocycles. The lowest BCUT2D eigenvalue weighted by Crippen LogP contribution is -2.21. The summed E-state index contributed by atoms with van der Waals surface area (Å²) in [6.45, 7) is 0. The van der Waals surface area contributed by atoms with Crippen LogP contribution in [0.3, 0.4) is 0 Å². The zero-order valence-corrected chi connectivity index (χ0v) is 8.26. The van der Waals surface area contributed by atoms with Crippen LogP contribution in [-0.4, -0.2) is 18.3 Å². The molecule has 1 aromatic heterocycles. The molecule has 0 aliphatic heterocycles. The number of thiophene rings is 1. The minimum Gasteiger partial charge on any atom is -0.366 e. The quantitative estimate of drug-likeness (QED) is 0.537. The molecule has 0 aliphatic carbocycles. The average molecular weight is 228 g/mol. The van der Waals surface area contributed by atoms with E-state index >= 15 is 0 Å². The Kier molecular flexibility index (Phi) is 3.24. The molecule has 8 heteroatoms. The van der Waals surface area contributed by atoms with E-state index < -0.39 is 11.9 Å². The molecule has 1 heterocycles. The first-order chi connectivity index (χ1) is 7.04. The van der Waals surface area contributed by atoms with Crippen molar-refractivity contribution in [2.24, 2.45) is 11.5 Å². The van der Waals surface area contributed by atoms with Crippen LogP contribution in [0.25, 0.3) is 0 Å². The Morgan fingerprint density at radius 2 is 2.07 bits per heavy atom. The number of hydrogen-bond acceptors (Lipinski definition) is 4. The highest BCUT2D eigenvalue weighted by molar-refractivity contribution is 7.20. The second-order valence-corrected chi connectivity index (χ2v) is 3.52. The number of rotatable bonds is 4. The topological polar surface area (TPSA) is 127 Å². The van der Waals surface area contributed by atoms with Gasteiger partial charge in [-0.3, -0.25) is 14.9 Å². The minimum absolute atomic E-state index is 0.100. The summed E-state index contributed by atoms with van der Waals surface area (Å²) in [4.78, 5) is 31.7. The van der Waals surface area contributed by atoms with Gasteiger partial charge in [-0.05, 0) is 6.07 Å². The largest absolute Gasteiger partial charge is 0.366 e. The summed E-state index contributed by atoms with van der Waals surface area (Å²) in [5, 5.41) is 5.17. The van der Waals surface area contributed by atoms with Gasteiger partial charge in [-0.15, -0.1) is 0 Å². The molecule has 4 amide bonds. The third-order valence-corrected chi connectivity index (χ3v) is 2.42. The van der Waals surface area contributed by atoms with Crippen LogP contribution in [0.5, 0.6) is 0 Å². The van der Waals surface area contributed by atoms with Crippen LogP contribution in [0, 0.1) is 0 Å². The maximum absolute atomic E-state index is 10.9. The predicted molar refractivity (Wildman–Crippen MR) is 55.7 cm³/mol. The zero-order chi connectivity index (χ0) is 11.4. The Morgan fingerprint density at radius 1 is 1.40 bits per heavy atom. The molecule has 1 rings (SSSR count). The van der Waals surface area contributed by atoms with Crippen molar-refractivity contribution < 1.29 is 14.4 Å². The van der Waals surface area contributed by atoms with E-state index in [1.54, 1.807) is 0 Å². The normalized spacial score (nSPS) is 9.33. The number of amides is 4. The summed E-state index contributed by atoms with van der Waals surface area (Å²) in [5.74, 6) is -0.714. The monoisotopic (exact) mass is 228 g/mol. The van der Waals surface area contributed by atoms with Gasteiger partial charge in [-0.2, -0.15) is 0 Å². The van der Waals surface area contributed by atoms with E-state index in [0.29, 0.717) is 11.4 Å². The summed E-state index contributed by atoms with van der Waals surface area (Å²) in [6, 6.07) is 0.546. The smallest absolute Gasteiger partial charge is 0.317 e. The van der Waals surface area contributed by atoms with Gasteiger partial charge >= 0.3 is 6.03 Å². The number of urea groups is 1. The second-order valence-electron chi connectivity index (χ2n) is 2.47. The maximum atomic E-state index is 10.9. The summed E-state index contributed by atoms with van der Waals surface area (Å²) < 4.78 is 0. The molecule has 0 spiro atoms. The Labute approximate surface area is 88.4 Å². The van der Waals surface area contributed by atoms with Gasteiger partial charge in [-0.1, -0.05) is 11.3 Å². The zero-order valence-electron chi connectivity index (χ0n) is 7.44. The van der Waals surface area contributed by atoms with E-state index in [1.807, 2.05) is 0 Å². The van der Waals surface area contributed by atoms with Gasteiger partial charge < -0.3 is 16.8 Å². The van der Waals surface area contributed by atoms with Crippen LogP contribution < -0.4 is 22.1 Å². The van der Waals surface area contributed by atoms with Crippen molar-refractivity contribution >= 4 is 39.7 Å². The standard InChI is InChI=1S/C7H8N4O3S/c8-5(13)3-1-4(10-2-12)15-6(3)11-7(9)14/h1-2H,(H2,8,13)(H,10,12)(H3,9,11,14). The molecule has 0 aliphatic rings. The van der Waals surface area contributed by atoms with Crippen molar-refractivity contribution in [3.63, 3.8) is 0 Å². The molecule has 0 bridgehead atoms. The van der Waals surface area contributed by atoms with Crippen molar-refractivity contribution in [2.45, 2.75) is 0 Å². The van der Waals surface area contributed by atoms with Crippen molar-refractivity contribution in [3.05, 3.63) is 11.6 Å². The van der Waals surface area contributed by atoms with Gasteiger partial charge in [0.2, 0.25) is 6.41 Å². The van der Waals surface area contributed by atoms with Gasteiger partial charge in [0, 0.05) is 0 Å². The van der Waals surface area contributed by atoms with Gasteiger partial charge in [-0.25, -0.2) is 4.79 Å². The highest BCUT2D eigenvalue weighted by atomic mass is 32.1. The number of anilines is 2. The maximum Gasteiger partial charge on any atom is 0.317 e. The lowest BCUT2D eigenvalue weighted by molar-refractivity contribution is -0.105. The predicted octanol–water partition coefficient (Wildman–Crippen LogP) is -0.0941. The number of primary amides is 2. The Morgan fingerprint density at radius 3 is 2.53 bits per heavy atom. The third kappa shape index (κ3) is 2.68. The van der Waals surface area contributed by atoms with E-state index in [4.69, 9.17) is 11.5 Å². The molecule has 7 nitrogen and oxygen atoms in total. The molecule has 6 N–H and O–H groups in total. The Hall–Kier alpha value is -2.09. The lowest BCUT2D eigenvalue weighted by Gasteiger charge is -1.98. The summed E-state index contributed by atoms with van der Waals surface area (Å²) in [7, 11) is 0. The van der Waals surface area contributed by atoms with Crippen LogP contribution in [0.15, 0.2) is 6.07 Å². The van der Waals surface area contributed by atoms with Gasteiger partial charge in [0.15, 0.2) is 0 Å². The molecule has 0 atom stereocenters. The van der Waals surface area contributed by atoms with Crippen LogP contribution in [-0.2, 0) is 4.79 Å². The van der Waals surface area contributed by atoms with Crippen LogP contribution in [0.1, 0.15) is 10.4 Å². The fourth-order valence-corrected chi connectivity index (χ4v) is 1.83. The van der Waals surface area contributed by atoms with E-state index in [-0.39, 0.29) is 10.6 Å². The van der Waals surface area contributed by atoms with Crippen molar-refractivity contribution in [1.82, 2.24) is 0 Å². The van der Waals surface area contributed by atoms with E-state index in [1.165, 1.54) is 6.07 Å². The Bertz CT molecular complexity index is 414. The van der Waals surface area contributed by atoms with Crippen molar-refractivity contribution in [1.29, 1.82) is 0 Å². The van der Waals surface area contributed by atoms with E-state index in [2.05, 4.69) is 10.6 Å². The molecular formula is C7H8N4O3S. The number of nitrogens with two attached hydrogens (primary N) is 2. The SMILES string of the molecule is NC(=O)Nc1sc(NC=O)cc1C(N)=O. The summed E-state index contributed by atoms with van der Waals surface area (Å²) in [6.07, 6.45) is 0.449. The third-order valence-electron chi connectivity index (χ3n) is 1.44. The van der Waals surface area contributed by atoms with Gasteiger partial charge in [0.1, 0.15) is 5.00 Å². The fraction of sp³-hybridized carbons (Fsp3) is 0. The van der Waals surface area contributed by atoms with Crippen LogP contribution in [0.2, 0.25) is 0 Å². The highest BCUT2D eigenvalue weighted by Gasteiger charge is 2.14. The molecule has 80 valence electrons. The number of carbonyl (C=O) groups excluding carboxylic acids is 3. The van der Waals surface area contributed by atoms with Gasteiger partial charge in [0.25, 0.3) is 5.91 Å². The number of carbonyl (C=O) groups is 3. The first-order valence-electron chi connectivity index (χ1n) is 3.75. The molecule has 15 heavy (non-hydrogen) atoms. The first kappa shape index (κ1) is 11.0. The molecular weight excluding hydrogens is 220 g/mol. The van der Waals surface area contributed by atoms with Gasteiger partial charge in [0.05, 0.1) is 10.6 Å². The fourth-order valence-electron chi connectivity index (χ4n) is 0.908. The molecule has 0 radical (unpaired) electrons. The van der Waals surface area contributed by atoms with Crippen LogP contribution in [0.4, 0.5) is 14.8 Å². The molecule has 1 aromatic rings. The molecule has 0 fully saturated rings. The highest BCUT2D eigenvalue weighted by Crippen LogP contribution is 2.31. The average Bonchev–Trinajstić information content (AvgIpc) is 2.47. The molecule has 0 saturated carbocycles. The summed E-state index contributed by atoms with van der Waals surface area (Å²) >= 11 is 0.986. The minimum atomic E-state index is -0.808. The number of nitrogens with one attached hydrogen (secondary N) is 2. The molecule has 0 unspecified atom stereocenters. The first-order valence-corrected chi connectivity index (χ1v) is 4.56. The lowest BCUT2D eigenvalue weighted by atomic mass is 10.3. The van der Waals surface area contributed by atoms with E-state index in [9.17, 15) is 14.4 Å². The van der Waals surface area contributed by atoms with E-state index in [0.717, 1.165) is 11.3 Å². The second kappa shape index (κ2) is 4.42. The van der Waals surface area contributed by atoms with Crippen molar-refractivity contribution in [2.75, 3.05) is 10.6 Å². The Balaban J connectivity index is 3.05. The summed E-state index contributed by atoms with van der Waals surface area (Å²) in [5.41, 5.74) is 10.1. The van der Waals surface area contributed by atoms with Crippen molar-refractivity contribution in [3.8, 4) is 0 Å².